The quantitative estimate of drug-likeness (QED) is 0.737. The van der Waals surface area contributed by atoms with Crippen molar-refractivity contribution in [3.63, 3.8) is 0 Å². The number of benzene rings is 2. The van der Waals surface area contributed by atoms with Crippen molar-refractivity contribution in [1.29, 1.82) is 0 Å². The molecule has 2 amide bonds. The lowest BCUT2D eigenvalue weighted by Gasteiger charge is -2.10. The van der Waals surface area contributed by atoms with Crippen LogP contribution in [0, 0.1) is 19.7 Å². The predicted octanol–water partition coefficient (Wildman–Crippen LogP) is 3.84. The van der Waals surface area contributed by atoms with Crippen LogP contribution in [0.2, 0.25) is 0 Å². The van der Waals surface area contributed by atoms with Crippen molar-refractivity contribution < 1.29 is 14.0 Å². The van der Waals surface area contributed by atoms with E-state index in [1.54, 1.807) is 35.9 Å². The smallest absolute Gasteiger partial charge is 0.259 e. The molecule has 3 rings (SSSR count). The van der Waals surface area contributed by atoms with Gasteiger partial charge in [0.25, 0.3) is 5.91 Å². The third-order valence-corrected chi connectivity index (χ3v) is 4.13. The summed E-state index contributed by atoms with van der Waals surface area (Å²) in [5.41, 5.74) is 3.79. The van der Waals surface area contributed by atoms with E-state index in [2.05, 4.69) is 15.7 Å². The molecule has 0 saturated heterocycles. The molecule has 2 N–H and O–H groups in total. The van der Waals surface area contributed by atoms with Gasteiger partial charge in [-0.05, 0) is 55.8 Å². The Kier molecular flexibility index (Phi) is 5.03. The summed E-state index contributed by atoms with van der Waals surface area (Å²) in [6.45, 7) is 5.06. The van der Waals surface area contributed by atoms with Crippen LogP contribution < -0.4 is 10.6 Å². The molecule has 0 spiro atoms. The Bertz CT molecular complexity index is 1010. The molecule has 0 saturated carbocycles. The normalized spacial score (nSPS) is 10.5. The second-order valence-electron chi connectivity index (χ2n) is 6.20. The fraction of sp³-hybridized carbons (Fsp3) is 0.150. The molecular weight excluding hydrogens is 347 g/mol. The number of hydrogen-bond acceptors (Lipinski definition) is 3. The maximum atomic E-state index is 13.1. The molecule has 6 nitrogen and oxygen atoms in total. The van der Waals surface area contributed by atoms with E-state index < -0.39 is 0 Å². The average Bonchev–Trinajstić information content (AvgIpc) is 3.00. The third-order valence-electron chi connectivity index (χ3n) is 4.13. The molecule has 27 heavy (non-hydrogen) atoms. The predicted molar refractivity (Wildman–Crippen MR) is 102 cm³/mol. The maximum Gasteiger partial charge on any atom is 0.259 e. The van der Waals surface area contributed by atoms with E-state index >= 15 is 0 Å². The Labute approximate surface area is 156 Å². The SMILES string of the molecule is CC(=O)Nc1cc(NC(=O)c2cnn(-c3ccc(F)cc3)c2C)ccc1C. The lowest BCUT2D eigenvalue weighted by atomic mass is 10.1. The Hall–Kier alpha value is -3.48. The van der Waals surface area contributed by atoms with Gasteiger partial charge in [0, 0.05) is 18.3 Å². The highest BCUT2D eigenvalue weighted by Crippen LogP contribution is 2.22. The van der Waals surface area contributed by atoms with Crippen LogP contribution in [0.5, 0.6) is 0 Å². The summed E-state index contributed by atoms with van der Waals surface area (Å²) >= 11 is 0. The zero-order chi connectivity index (χ0) is 19.6. The van der Waals surface area contributed by atoms with Crippen LogP contribution >= 0.6 is 0 Å². The number of aromatic nitrogens is 2. The topological polar surface area (TPSA) is 76.0 Å². The van der Waals surface area contributed by atoms with Gasteiger partial charge in [0.1, 0.15) is 5.82 Å². The van der Waals surface area contributed by atoms with Crippen molar-refractivity contribution >= 4 is 23.2 Å². The van der Waals surface area contributed by atoms with Crippen molar-refractivity contribution in [2.24, 2.45) is 0 Å². The van der Waals surface area contributed by atoms with Gasteiger partial charge in [-0.3, -0.25) is 9.59 Å². The summed E-state index contributed by atoms with van der Waals surface area (Å²) < 4.78 is 14.7. The van der Waals surface area contributed by atoms with Gasteiger partial charge in [0.2, 0.25) is 5.91 Å². The summed E-state index contributed by atoms with van der Waals surface area (Å²) in [4.78, 5) is 23.9. The third kappa shape index (κ3) is 4.03. The molecule has 0 aliphatic rings. The van der Waals surface area contributed by atoms with Gasteiger partial charge in [-0.1, -0.05) is 6.07 Å². The number of nitrogens with one attached hydrogen (secondary N) is 2. The van der Waals surface area contributed by atoms with Crippen LogP contribution in [0.1, 0.15) is 28.5 Å². The van der Waals surface area contributed by atoms with Crippen LogP contribution in [0.25, 0.3) is 5.69 Å². The van der Waals surface area contributed by atoms with Crippen molar-refractivity contribution in [2.45, 2.75) is 20.8 Å². The summed E-state index contributed by atoms with van der Waals surface area (Å²) in [6, 6.07) is 11.1. The van der Waals surface area contributed by atoms with E-state index in [0.717, 1.165) is 5.56 Å². The molecular formula is C20H19FN4O2. The van der Waals surface area contributed by atoms with Gasteiger partial charge in [-0.15, -0.1) is 0 Å². The number of halogens is 1. The van der Waals surface area contributed by atoms with Gasteiger partial charge in [0.15, 0.2) is 0 Å². The minimum absolute atomic E-state index is 0.182. The van der Waals surface area contributed by atoms with E-state index in [1.165, 1.54) is 25.3 Å². The number of carbonyl (C=O) groups excluding carboxylic acids is 2. The minimum atomic E-state index is -0.337. The van der Waals surface area contributed by atoms with Crippen molar-refractivity contribution in [3.05, 3.63) is 71.3 Å². The number of anilines is 2. The first-order valence-electron chi connectivity index (χ1n) is 8.35. The first kappa shape index (κ1) is 18.3. The Morgan fingerprint density at radius 3 is 2.41 bits per heavy atom. The Balaban J connectivity index is 1.83. The molecule has 0 unspecified atom stereocenters. The standard InChI is InChI=1S/C20H19FN4O2/c1-12-4-7-16(10-19(12)23-14(3)26)24-20(27)18-11-22-25(13(18)2)17-8-5-15(21)6-9-17/h4-11H,1-3H3,(H,23,26)(H,24,27). The molecule has 0 radical (unpaired) electrons. The van der Waals surface area contributed by atoms with Crippen LogP contribution in [0.3, 0.4) is 0 Å². The van der Waals surface area contributed by atoms with Gasteiger partial charge in [-0.2, -0.15) is 5.10 Å². The fourth-order valence-electron chi connectivity index (χ4n) is 2.70. The summed E-state index contributed by atoms with van der Waals surface area (Å²) in [5, 5.41) is 9.77. The van der Waals surface area contributed by atoms with Crippen LogP contribution in [-0.4, -0.2) is 21.6 Å². The molecule has 0 aliphatic heterocycles. The number of amides is 2. The molecule has 0 aliphatic carbocycles. The van der Waals surface area contributed by atoms with Gasteiger partial charge >= 0.3 is 0 Å². The molecule has 0 atom stereocenters. The molecule has 7 heteroatoms. The average molecular weight is 366 g/mol. The van der Waals surface area contributed by atoms with Crippen LogP contribution in [0.15, 0.2) is 48.7 Å². The largest absolute Gasteiger partial charge is 0.326 e. The first-order chi connectivity index (χ1) is 12.8. The second-order valence-corrected chi connectivity index (χ2v) is 6.20. The summed E-state index contributed by atoms with van der Waals surface area (Å²) in [6.07, 6.45) is 1.47. The van der Waals surface area contributed by atoms with E-state index in [4.69, 9.17) is 0 Å². The summed E-state index contributed by atoms with van der Waals surface area (Å²) in [7, 11) is 0. The lowest BCUT2D eigenvalue weighted by molar-refractivity contribution is -0.114. The van der Waals surface area contributed by atoms with E-state index in [0.29, 0.717) is 28.3 Å². The molecule has 1 aromatic heterocycles. The highest BCUT2D eigenvalue weighted by molar-refractivity contribution is 6.05. The highest BCUT2D eigenvalue weighted by Gasteiger charge is 2.16. The highest BCUT2D eigenvalue weighted by atomic mass is 19.1. The zero-order valence-corrected chi connectivity index (χ0v) is 15.2. The fourth-order valence-corrected chi connectivity index (χ4v) is 2.70. The van der Waals surface area contributed by atoms with Crippen molar-refractivity contribution in [1.82, 2.24) is 9.78 Å². The number of aryl methyl sites for hydroxylation is 1. The molecule has 138 valence electrons. The zero-order valence-electron chi connectivity index (χ0n) is 15.2. The lowest BCUT2D eigenvalue weighted by Crippen LogP contribution is -2.14. The number of rotatable bonds is 4. The number of carbonyl (C=O) groups is 2. The van der Waals surface area contributed by atoms with E-state index in [9.17, 15) is 14.0 Å². The second kappa shape index (κ2) is 7.41. The monoisotopic (exact) mass is 366 g/mol. The number of nitrogens with zero attached hydrogens (tertiary/aromatic N) is 2. The van der Waals surface area contributed by atoms with Crippen LogP contribution in [-0.2, 0) is 4.79 Å². The molecule has 2 aromatic carbocycles. The van der Waals surface area contributed by atoms with Crippen molar-refractivity contribution in [3.8, 4) is 5.69 Å². The molecule has 3 aromatic rings. The van der Waals surface area contributed by atoms with Gasteiger partial charge < -0.3 is 10.6 Å². The molecule has 0 bridgehead atoms. The van der Waals surface area contributed by atoms with E-state index in [1.807, 2.05) is 13.0 Å². The Morgan fingerprint density at radius 2 is 1.74 bits per heavy atom. The maximum absolute atomic E-state index is 13.1. The van der Waals surface area contributed by atoms with Crippen LogP contribution in [0.4, 0.5) is 15.8 Å². The summed E-state index contributed by atoms with van der Waals surface area (Å²) in [5.74, 6) is -0.840. The molecule has 0 fully saturated rings. The molecule has 1 heterocycles. The van der Waals surface area contributed by atoms with Gasteiger partial charge in [0.05, 0.1) is 23.1 Å². The first-order valence-corrected chi connectivity index (χ1v) is 8.35. The minimum Gasteiger partial charge on any atom is -0.326 e. The van der Waals surface area contributed by atoms with E-state index in [-0.39, 0.29) is 17.6 Å². The van der Waals surface area contributed by atoms with Crippen molar-refractivity contribution in [2.75, 3.05) is 10.6 Å². The Morgan fingerprint density at radius 1 is 1.04 bits per heavy atom. The number of hydrogen-bond donors (Lipinski definition) is 2. The van der Waals surface area contributed by atoms with Gasteiger partial charge in [-0.25, -0.2) is 9.07 Å².